The maximum absolute atomic E-state index is 11.2. The number of ether oxygens (including phenoxy) is 1. The smallest absolute Gasteiger partial charge is 0.242 e. The molecule has 0 aliphatic rings. The molecule has 6 nitrogen and oxygen atoms in total. The van der Waals surface area contributed by atoms with Crippen LogP contribution in [0, 0.1) is 0 Å². The summed E-state index contributed by atoms with van der Waals surface area (Å²) in [6.07, 6.45) is 1.27. The Bertz CT molecular complexity index is 408. The highest BCUT2D eigenvalue weighted by molar-refractivity contribution is 6.31. The van der Waals surface area contributed by atoms with Gasteiger partial charge in [0.05, 0.1) is 7.11 Å². The molecule has 1 aromatic rings. The van der Waals surface area contributed by atoms with E-state index in [-0.39, 0.29) is 10.9 Å². The van der Waals surface area contributed by atoms with Crippen molar-refractivity contribution < 1.29 is 9.53 Å². The Morgan fingerprint density at radius 3 is 2.69 bits per heavy atom. The van der Waals surface area contributed by atoms with E-state index >= 15 is 0 Å². The molecule has 0 aliphatic heterocycles. The number of hydrogen-bond donors (Lipinski definition) is 2. The molecule has 0 fully saturated rings. The lowest BCUT2D eigenvalue weighted by Crippen LogP contribution is -2.45. The molecule has 3 N–H and O–H groups in total. The van der Waals surface area contributed by atoms with Crippen molar-refractivity contribution >= 4 is 23.3 Å². The molecule has 0 saturated carbocycles. The van der Waals surface area contributed by atoms with Gasteiger partial charge in [0.2, 0.25) is 5.91 Å². The molecule has 1 aromatic heterocycles. The van der Waals surface area contributed by atoms with E-state index in [1.165, 1.54) is 13.4 Å². The number of anilines is 1. The van der Waals surface area contributed by atoms with Crippen LogP contribution in [0.2, 0.25) is 5.15 Å². The van der Waals surface area contributed by atoms with E-state index in [4.69, 9.17) is 22.1 Å². The van der Waals surface area contributed by atoms with Gasteiger partial charge in [-0.05, 0) is 13.8 Å². The second-order valence-corrected chi connectivity index (χ2v) is 4.02. The normalized spacial score (nSPS) is 11.0. The number of carbonyl (C=O) groups excluding carboxylic acids is 1. The molecule has 1 rings (SSSR count). The lowest BCUT2D eigenvalue weighted by atomic mass is 10.1. The van der Waals surface area contributed by atoms with E-state index in [0.717, 1.165) is 0 Å². The molecule has 1 amide bonds. The van der Waals surface area contributed by atoms with Crippen molar-refractivity contribution in [2.75, 3.05) is 12.4 Å². The predicted octanol–water partition coefficient (Wildman–Crippen LogP) is 0.814. The van der Waals surface area contributed by atoms with Crippen molar-refractivity contribution in [3.63, 3.8) is 0 Å². The first kappa shape index (κ1) is 12.5. The quantitative estimate of drug-likeness (QED) is 0.765. The molecule has 16 heavy (non-hydrogen) atoms. The van der Waals surface area contributed by atoms with Gasteiger partial charge in [-0.1, -0.05) is 11.6 Å². The van der Waals surface area contributed by atoms with Gasteiger partial charge >= 0.3 is 0 Å². The third-order valence-electron chi connectivity index (χ3n) is 2.01. The van der Waals surface area contributed by atoms with Crippen molar-refractivity contribution in [1.82, 2.24) is 9.97 Å². The van der Waals surface area contributed by atoms with Crippen molar-refractivity contribution in [1.29, 1.82) is 0 Å². The highest BCUT2D eigenvalue weighted by Gasteiger charge is 2.27. The summed E-state index contributed by atoms with van der Waals surface area (Å²) in [5.74, 6) is 0.0917. The molecule has 0 atom stereocenters. The molecule has 0 radical (unpaired) electrons. The second kappa shape index (κ2) is 4.52. The maximum Gasteiger partial charge on any atom is 0.242 e. The number of rotatable bonds is 4. The summed E-state index contributed by atoms with van der Waals surface area (Å²) >= 11 is 5.81. The zero-order valence-electron chi connectivity index (χ0n) is 9.24. The van der Waals surface area contributed by atoms with Crippen LogP contribution in [0.25, 0.3) is 0 Å². The third-order valence-corrected chi connectivity index (χ3v) is 2.28. The standard InChI is InChI=1S/C9H13ClN4O2/c1-9(2,8(11)15)14-7-5(16-3)6(10)12-4-13-7/h4H,1-3H3,(H2,11,15)(H,12,13,14). The zero-order valence-corrected chi connectivity index (χ0v) is 10.00. The fourth-order valence-corrected chi connectivity index (χ4v) is 1.19. The number of halogens is 1. The average molecular weight is 245 g/mol. The monoisotopic (exact) mass is 244 g/mol. The number of carbonyl (C=O) groups is 1. The lowest BCUT2D eigenvalue weighted by Gasteiger charge is -2.23. The SMILES string of the molecule is COc1c(Cl)ncnc1NC(C)(C)C(N)=O. The summed E-state index contributed by atoms with van der Waals surface area (Å²) in [6, 6.07) is 0. The van der Waals surface area contributed by atoms with E-state index < -0.39 is 11.4 Å². The van der Waals surface area contributed by atoms with E-state index in [9.17, 15) is 4.79 Å². The molecular formula is C9H13ClN4O2. The maximum atomic E-state index is 11.2. The van der Waals surface area contributed by atoms with E-state index in [2.05, 4.69) is 15.3 Å². The minimum atomic E-state index is -0.953. The lowest BCUT2D eigenvalue weighted by molar-refractivity contribution is -0.121. The molecule has 0 unspecified atom stereocenters. The first-order valence-electron chi connectivity index (χ1n) is 4.51. The molecule has 0 bridgehead atoms. The van der Waals surface area contributed by atoms with E-state index in [0.29, 0.717) is 5.82 Å². The molecular weight excluding hydrogens is 232 g/mol. The van der Waals surface area contributed by atoms with Crippen molar-refractivity contribution in [3.05, 3.63) is 11.5 Å². The van der Waals surface area contributed by atoms with Crippen LogP contribution < -0.4 is 15.8 Å². The summed E-state index contributed by atoms with van der Waals surface area (Å²) in [5, 5.41) is 3.01. The third kappa shape index (κ3) is 2.52. The van der Waals surface area contributed by atoms with Gasteiger partial charge in [0.1, 0.15) is 11.9 Å². The van der Waals surface area contributed by atoms with Crippen LogP contribution in [0.15, 0.2) is 6.33 Å². The number of nitrogens with two attached hydrogens (primary N) is 1. The summed E-state index contributed by atoms with van der Waals surface area (Å²) in [7, 11) is 1.44. The zero-order chi connectivity index (χ0) is 12.3. The number of methoxy groups -OCH3 is 1. The Balaban J connectivity index is 3.06. The highest BCUT2D eigenvalue weighted by atomic mass is 35.5. The topological polar surface area (TPSA) is 90.1 Å². The Hall–Kier alpha value is -1.56. The van der Waals surface area contributed by atoms with Gasteiger partial charge in [-0.25, -0.2) is 9.97 Å². The van der Waals surface area contributed by atoms with Crippen LogP contribution in [0.1, 0.15) is 13.8 Å². The first-order valence-corrected chi connectivity index (χ1v) is 4.89. The Kier molecular flexibility index (Phi) is 3.54. The Morgan fingerprint density at radius 2 is 2.19 bits per heavy atom. The minimum absolute atomic E-state index is 0.167. The van der Waals surface area contributed by atoms with Crippen LogP contribution in [-0.4, -0.2) is 28.5 Å². The van der Waals surface area contributed by atoms with E-state index in [1.807, 2.05) is 0 Å². The summed E-state index contributed by atoms with van der Waals surface area (Å²) < 4.78 is 5.03. The van der Waals surface area contributed by atoms with Gasteiger partial charge < -0.3 is 15.8 Å². The van der Waals surface area contributed by atoms with Crippen molar-refractivity contribution in [2.45, 2.75) is 19.4 Å². The number of aromatic nitrogens is 2. The molecule has 88 valence electrons. The van der Waals surface area contributed by atoms with Gasteiger partial charge in [-0.3, -0.25) is 4.79 Å². The van der Waals surface area contributed by atoms with Crippen LogP contribution in [-0.2, 0) is 4.79 Å². The van der Waals surface area contributed by atoms with Gasteiger partial charge in [0, 0.05) is 0 Å². The fraction of sp³-hybridized carbons (Fsp3) is 0.444. The first-order chi connectivity index (χ1) is 7.38. The van der Waals surface area contributed by atoms with Gasteiger partial charge in [-0.2, -0.15) is 0 Å². The Labute approximate surface area is 98.2 Å². The van der Waals surface area contributed by atoms with Crippen LogP contribution in [0.3, 0.4) is 0 Å². The van der Waals surface area contributed by atoms with Crippen LogP contribution >= 0.6 is 11.6 Å². The van der Waals surface area contributed by atoms with Crippen molar-refractivity contribution in [3.8, 4) is 5.75 Å². The highest BCUT2D eigenvalue weighted by Crippen LogP contribution is 2.30. The number of nitrogens with one attached hydrogen (secondary N) is 1. The molecule has 7 heteroatoms. The van der Waals surface area contributed by atoms with Gasteiger partial charge in [0.25, 0.3) is 0 Å². The summed E-state index contributed by atoms with van der Waals surface area (Å²) in [6.45, 7) is 3.26. The van der Waals surface area contributed by atoms with Crippen molar-refractivity contribution in [2.24, 2.45) is 5.73 Å². The van der Waals surface area contributed by atoms with Crippen LogP contribution in [0.5, 0.6) is 5.75 Å². The number of hydrogen-bond acceptors (Lipinski definition) is 5. The summed E-state index contributed by atoms with van der Waals surface area (Å²) in [4.78, 5) is 18.8. The second-order valence-electron chi connectivity index (χ2n) is 3.66. The Morgan fingerprint density at radius 1 is 1.56 bits per heavy atom. The largest absolute Gasteiger partial charge is 0.490 e. The number of primary amides is 1. The number of nitrogens with zero attached hydrogens (tertiary/aromatic N) is 2. The van der Waals surface area contributed by atoms with E-state index in [1.54, 1.807) is 13.8 Å². The molecule has 0 spiro atoms. The summed E-state index contributed by atoms with van der Waals surface area (Å²) in [5.41, 5.74) is 4.28. The molecule has 0 aliphatic carbocycles. The molecule has 0 aromatic carbocycles. The average Bonchev–Trinajstić information content (AvgIpc) is 2.17. The van der Waals surface area contributed by atoms with Gasteiger partial charge in [-0.15, -0.1) is 0 Å². The number of amides is 1. The minimum Gasteiger partial charge on any atom is -0.490 e. The van der Waals surface area contributed by atoms with Crippen LogP contribution in [0.4, 0.5) is 5.82 Å². The fourth-order valence-electron chi connectivity index (χ4n) is 0.980. The predicted molar refractivity (Wildman–Crippen MR) is 60.5 cm³/mol. The molecule has 0 saturated heterocycles. The van der Waals surface area contributed by atoms with Gasteiger partial charge in [0.15, 0.2) is 16.7 Å². The molecule has 1 heterocycles.